The van der Waals surface area contributed by atoms with Crippen LogP contribution in [0, 0.1) is 6.92 Å². The molecule has 0 fully saturated rings. The van der Waals surface area contributed by atoms with Gasteiger partial charge in [0, 0.05) is 24.0 Å². The van der Waals surface area contributed by atoms with Crippen molar-refractivity contribution in [2.45, 2.75) is 11.8 Å². The Labute approximate surface area is 128 Å². The number of rotatable bonds is 6. The zero-order valence-electron chi connectivity index (χ0n) is 12.0. The summed E-state index contributed by atoms with van der Waals surface area (Å²) in [6, 6.07) is 5.75. The van der Waals surface area contributed by atoms with Gasteiger partial charge in [0.2, 0.25) is 16.0 Å². The quantitative estimate of drug-likeness (QED) is 0.700. The van der Waals surface area contributed by atoms with Crippen molar-refractivity contribution in [1.82, 2.24) is 14.7 Å². The molecule has 2 aromatic rings. The highest BCUT2D eigenvalue weighted by Crippen LogP contribution is 2.13. The first-order chi connectivity index (χ1) is 10.4. The summed E-state index contributed by atoms with van der Waals surface area (Å²) < 4.78 is 26.4. The van der Waals surface area contributed by atoms with Crippen LogP contribution in [0.15, 0.2) is 48.0 Å². The molecule has 1 aromatic heterocycles. The number of amides is 1. The second kappa shape index (κ2) is 6.54. The largest absolute Gasteiger partial charge is 0.328 e. The van der Waals surface area contributed by atoms with Crippen molar-refractivity contribution >= 4 is 21.9 Å². The fourth-order valence-corrected chi connectivity index (χ4v) is 2.76. The summed E-state index contributed by atoms with van der Waals surface area (Å²) in [6.45, 7) is 5.37. The second-order valence-electron chi connectivity index (χ2n) is 4.54. The van der Waals surface area contributed by atoms with E-state index in [4.69, 9.17) is 0 Å². The van der Waals surface area contributed by atoms with E-state index in [1.807, 2.05) is 0 Å². The molecule has 1 amide bonds. The molecule has 7 nitrogen and oxygen atoms in total. The lowest BCUT2D eigenvalue weighted by Gasteiger charge is -2.07. The van der Waals surface area contributed by atoms with E-state index in [1.165, 1.54) is 30.3 Å². The SMILES string of the molecule is C=CCNS(=O)(=O)c1cccc(C(=O)Nc2ncc(C)[nH]2)c1. The first kappa shape index (κ1) is 15.9. The van der Waals surface area contributed by atoms with Gasteiger partial charge in [0.25, 0.3) is 5.91 Å². The van der Waals surface area contributed by atoms with Gasteiger partial charge in [0.1, 0.15) is 0 Å². The van der Waals surface area contributed by atoms with Gasteiger partial charge in [-0.05, 0) is 25.1 Å². The molecule has 116 valence electrons. The van der Waals surface area contributed by atoms with Crippen molar-refractivity contribution in [3.8, 4) is 0 Å². The lowest BCUT2D eigenvalue weighted by Crippen LogP contribution is -2.24. The van der Waals surface area contributed by atoms with E-state index in [0.29, 0.717) is 5.95 Å². The third kappa shape index (κ3) is 3.80. The van der Waals surface area contributed by atoms with Crippen molar-refractivity contribution in [3.63, 3.8) is 0 Å². The van der Waals surface area contributed by atoms with Crippen LogP contribution in [0.2, 0.25) is 0 Å². The maximum absolute atomic E-state index is 12.1. The highest BCUT2D eigenvalue weighted by Gasteiger charge is 2.15. The van der Waals surface area contributed by atoms with E-state index in [0.717, 1.165) is 5.69 Å². The van der Waals surface area contributed by atoms with Crippen LogP contribution in [0.3, 0.4) is 0 Å². The van der Waals surface area contributed by atoms with E-state index in [1.54, 1.807) is 13.1 Å². The number of aromatic nitrogens is 2. The number of aryl methyl sites for hydroxylation is 1. The van der Waals surface area contributed by atoms with E-state index in [9.17, 15) is 13.2 Å². The Morgan fingerprint density at radius 1 is 1.45 bits per heavy atom. The Balaban J connectivity index is 2.20. The third-order valence-electron chi connectivity index (χ3n) is 2.76. The summed E-state index contributed by atoms with van der Waals surface area (Å²) in [7, 11) is -3.67. The highest BCUT2D eigenvalue weighted by molar-refractivity contribution is 7.89. The molecule has 1 aromatic carbocycles. The van der Waals surface area contributed by atoms with Gasteiger partial charge in [-0.25, -0.2) is 18.1 Å². The minimum absolute atomic E-state index is 0.0117. The number of aromatic amines is 1. The standard InChI is InChI=1S/C14H16N4O3S/c1-3-7-16-22(20,21)12-6-4-5-11(8-12)13(19)18-14-15-9-10(2)17-14/h3-6,8-9,16H,1,7H2,2H3,(H2,15,17,18,19). The number of carbonyl (C=O) groups excluding carboxylic acids is 1. The van der Waals surface area contributed by atoms with Gasteiger partial charge < -0.3 is 4.98 Å². The van der Waals surface area contributed by atoms with Crippen molar-refractivity contribution in [1.29, 1.82) is 0 Å². The van der Waals surface area contributed by atoms with Crippen LogP contribution in [0.1, 0.15) is 16.1 Å². The predicted octanol–water partition coefficient (Wildman–Crippen LogP) is 1.43. The van der Waals surface area contributed by atoms with Gasteiger partial charge in [-0.3, -0.25) is 10.1 Å². The van der Waals surface area contributed by atoms with Gasteiger partial charge in [-0.2, -0.15) is 0 Å². The molecule has 0 saturated heterocycles. The van der Waals surface area contributed by atoms with Crippen LogP contribution < -0.4 is 10.0 Å². The van der Waals surface area contributed by atoms with E-state index < -0.39 is 15.9 Å². The Morgan fingerprint density at radius 2 is 2.23 bits per heavy atom. The van der Waals surface area contributed by atoms with Gasteiger partial charge in [-0.1, -0.05) is 12.1 Å². The summed E-state index contributed by atoms with van der Waals surface area (Å²) in [6.07, 6.45) is 3.02. The Morgan fingerprint density at radius 3 is 2.86 bits per heavy atom. The summed E-state index contributed by atoms with van der Waals surface area (Å²) in [5.41, 5.74) is 1.02. The van der Waals surface area contributed by atoms with Crippen LogP contribution in [-0.2, 0) is 10.0 Å². The van der Waals surface area contributed by atoms with E-state index >= 15 is 0 Å². The molecular formula is C14H16N4O3S. The number of anilines is 1. The maximum Gasteiger partial charge on any atom is 0.258 e. The summed E-state index contributed by atoms with van der Waals surface area (Å²) >= 11 is 0. The van der Waals surface area contributed by atoms with Gasteiger partial charge in [0.05, 0.1) is 4.90 Å². The van der Waals surface area contributed by atoms with Crippen molar-refractivity contribution in [2.24, 2.45) is 0 Å². The minimum Gasteiger partial charge on any atom is -0.328 e. The monoisotopic (exact) mass is 320 g/mol. The first-order valence-electron chi connectivity index (χ1n) is 6.46. The molecule has 1 heterocycles. The fraction of sp³-hybridized carbons (Fsp3) is 0.143. The average molecular weight is 320 g/mol. The molecule has 0 aliphatic carbocycles. The van der Waals surface area contributed by atoms with Gasteiger partial charge >= 0.3 is 0 Å². The summed E-state index contributed by atoms with van der Waals surface area (Å²) in [5.74, 6) is -0.143. The zero-order chi connectivity index (χ0) is 16.2. The van der Waals surface area contributed by atoms with Crippen LogP contribution in [0.25, 0.3) is 0 Å². The Kier molecular flexibility index (Phi) is 4.74. The molecule has 0 saturated carbocycles. The molecule has 3 N–H and O–H groups in total. The maximum atomic E-state index is 12.1. The minimum atomic E-state index is -3.67. The molecule has 8 heteroatoms. The molecule has 0 atom stereocenters. The molecule has 0 radical (unpaired) electrons. The number of carbonyl (C=O) groups is 1. The molecule has 0 unspecified atom stereocenters. The smallest absolute Gasteiger partial charge is 0.258 e. The number of benzene rings is 1. The van der Waals surface area contributed by atoms with Crippen molar-refractivity contribution in [3.05, 3.63) is 54.4 Å². The molecule has 2 rings (SSSR count). The third-order valence-corrected chi connectivity index (χ3v) is 4.18. The Bertz CT molecular complexity index is 796. The molecule has 22 heavy (non-hydrogen) atoms. The van der Waals surface area contributed by atoms with Crippen molar-refractivity contribution in [2.75, 3.05) is 11.9 Å². The number of nitrogens with one attached hydrogen (secondary N) is 3. The summed E-state index contributed by atoms with van der Waals surface area (Å²) in [5, 5.41) is 2.56. The van der Waals surface area contributed by atoms with Gasteiger partial charge in [-0.15, -0.1) is 6.58 Å². The van der Waals surface area contributed by atoms with E-state index in [2.05, 4.69) is 26.6 Å². The topological polar surface area (TPSA) is 104 Å². The molecule has 0 aliphatic heterocycles. The highest BCUT2D eigenvalue weighted by atomic mass is 32.2. The van der Waals surface area contributed by atoms with Crippen LogP contribution in [0.5, 0.6) is 0 Å². The first-order valence-corrected chi connectivity index (χ1v) is 7.94. The number of sulfonamides is 1. The summed E-state index contributed by atoms with van der Waals surface area (Å²) in [4.78, 5) is 19.0. The molecule has 0 bridgehead atoms. The fourth-order valence-electron chi connectivity index (χ4n) is 1.71. The number of nitrogens with zero attached hydrogens (tertiary/aromatic N) is 1. The predicted molar refractivity (Wildman–Crippen MR) is 83.1 cm³/mol. The number of imidazole rings is 1. The van der Waals surface area contributed by atoms with Crippen LogP contribution in [-0.4, -0.2) is 30.8 Å². The van der Waals surface area contributed by atoms with E-state index in [-0.39, 0.29) is 17.0 Å². The molecular weight excluding hydrogens is 304 g/mol. The normalized spacial score (nSPS) is 11.1. The van der Waals surface area contributed by atoms with Crippen molar-refractivity contribution < 1.29 is 13.2 Å². The number of H-pyrrole nitrogens is 1. The second-order valence-corrected chi connectivity index (χ2v) is 6.30. The Hall–Kier alpha value is -2.45. The average Bonchev–Trinajstić information content (AvgIpc) is 2.90. The number of hydrogen-bond donors (Lipinski definition) is 3. The molecule has 0 aliphatic rings. The zero-order valence-corrected chi connectivity index (χ0v) is 12.8. The molecule has 0 spiro atoms. The van der Waals surface area contributed by atoms with Crippen LogP contribution >= 0.6 is 0 Å². The lowest BCUT2D eigenvalue weighted by molar-refractivity contribution is 0.102. The van der Waals surface area contributed by atoms with Gasteiger partial charge in [0.15, 0.2) is 0 Å². The lowest BCUT2D eigenvalue weighted by atomic mass is 10.2. The van der Waals surface area contributed by atoms with Crippen LogP contribution in [0.4, 0.5) is 5.95 Å². The number of hydrogen-bond acceptors (Lipinski definition) is 4.